The number of carbonyl (C=O) groups excluding carboxylic acids is 1. The summed E-state index contributed by atoms with van der Waals surface area (Å²) in [5.41, 5.74) is 4.68. The molecule has 0 unspecified atom stereocenters. The van der Waals surface area contributed by atoms with Gasteiger partial charge in [-0.05, 0) is 78.6 Å². The number of nitrogens with zero attached hydrogens (tertiary/aromatic N) is 1. The van der Waals surface area contributed by atoms with E-state index in [9.17, 15) is 9.90 Å². The molecule has 0 aromatic heterocycles. The van der Waals surface area contributed by atoms with Crippen molar-refractivity contribution in [3.8, 4) is 5.75 Å². The molecule has 2 atom stereocenters. The highest BCUT2D eigenvalue weighted by molar-refractivity contribution is 6.30. The fraction of sp³-hybridized carbons (Fsp3) is 0.387. The van der Waals surface area contributed by atoms with Gasteiger partial charge < -0.3 is 9.84 Å². The molecule has 3 aromatic rings. The number of fused-ring (bicyclic) bond motifs is 1. The molecule has 0 saturated heterocycles. The molecule has 4 rings (SSSR count). The number of aliphatic hydroxyl groups excluding tert-OH is 1. The Bertz CT molecular complexity index is 1130. The number of hydrogen-bond acceptors (Lipinski definition) is 4. The van der Waals surface area contributed by atoms with Crippen LogP contribution in [0.3, 0.4) is 0 Å². The molecule has 36 heavy (non-hydrogen) atoms. The van der Waals surface area contributed by atoms with Gasteiger partial charge in [-0.15, -0.1) is 0 Å². The topological polar surface area (TPSA) is 49.8 Å². The summed E-state index contributed by atoms with van der Waals surface area (Å²) in [6.07, 6.45) is 4.80. The fourth-order valence-electron chi connectivity index (χ4n) is 5.04. The van der Waals surface area contributed by atoms with Gasteiger partial charge in [0.25, 0.3) is 0 Å². The normalized spacial score (nSPS) is 16.3. The molecular formula is C31H36ClNO3. The van der Waals surface area contributed by atoms with Crippen molar-refractivity contribution < 1.29 is 14.6 Å². The van der Waals surface area contributed by atoms with E-state index in [0.717, 1.165) is 50.0 Å². The largest absolute Gasteiger partial charge is 0.486 e. The first-order valence-electron chi connectivity index (χ1n) is 13.0. The molecule has 1 aliphatic rings. The molecule has 0 bridgehead atoms. The van der Waals surface area contributed by atoms with E-state index in [1.54, 1.807) is 0 Å². The zero-order valence-corrected chi connectivity index (χ0v) is 21.8. The summed E-state index contributed by atoms with van der Waals surface area (Å²) in [6.45, 7) is 3.42. The molecule has 0 aliphatic heterocycles. The van der Waals surface area contributed by atoms with Gasteiger partial charge in [0.2, 0.25) is 0 Å². The first kappa shape index (κ1) is 26.4. The number of carbonyl (C=O) groups is 1. The lowest BCUT2D eigenvalue weighted by Gasteiger charge is -2.33. The van der Waals surface area contributed by atoms with E-state index in [4.69, 9.17) is 16.3 Å². The van der Waals surface area contributed by atoms with Crippen LogP contribution in [0.1, 0.15) is 61.0 Å². The molecule has 0 heterocycles. The molecule has 0 amide bonds. The minimum atomic E-state index is -0.630. The van der Waals surface area contributed by atoms with Gasteiger partial charge in [-0.1, -0.05) is 67.1 Å². The van der Waals surface area contributed by atoms with Crippen LogP contribution in [-0.2, 0) is 24.2 Å². The predicted molar refractivity (Wildman–Crippen MR) is 146 cm³/mol. The number of benzene rings is 3. The number of ketones is 1. The molecule has 0 radical (unpaired) electrons. The molecule has 190 valence electrons. The standard InChI is InChI=1S/C31H36ClNO3/c1-2-8-29(34)22-36-30-16-15-24-11-7-14-28(18-26(24)19-30)33(20-23-9-4-3-5-10-23)21-31(35)25-12-6-13-27(32)17-25/h3-6,9-10,12-13,15-17,19,28,31,35H,2,7-8,11,14,18,20-22H2,1H3/t28-,31-/m0/s1. The molecule has 1 aliphatic carbocycles. The maximum absolute atomic E-state index is 12.0. The van der Waals surface area contributed by atoms with Crippen molar-refractivity contribution in [1.29, 1.82) is 0 Å². The number of aryl methyl sites for hydroxylation is 1. The maximum Gasteiger partial charge on any atom is 0.170 e. The van der Waals surface area contributed by atoms with Crippen LogP contribution in [0.15, 0.2) is 72.8 Å². The minimum absolute atomic E-state index is 0.127. The third-order valence-corrected chi connectivity index (χ3v) is 7.17. The number of aliphatic hydroxyl groups is 1. The van der Waals surface area contributed by atoms with Crippen molar-refractivity contribution in [2.24, 2.45) is 0 Å². The lowest BCUT2D eigenvalue weighted by molar-refractivity contribution is -0.121. The van der Waals surface area contributed by atoms with E-state index in [0.29, 0.717) is 18.0 Å². The lowest BCUT2D eigenvalue weighted by atomic mass is 9.99. The van der Waals surface area contributed by atoms with Gasteiger partial charge in [0.1, 0.15) is 12.4 Å². The summed E-state index contributed by atoms with van der Waals surface area (Å²) < 4.78 is 5.84. The highest BCUT2D eigenvalue weighted by Crippen LogP contribution is 2.30. The van der Waals surface area contributed by atoms with Gasteiger partial charge >= 0.3 is 0 Å². The highest BCUT2D eigenvalue weighted by atomic mass is 35.5. The molecule has 1 N–H and O–H groups in total. The van der Waals surface area contributed by atoms with E-state index in [1.807, 2.05) is 43.3 Å². The fourth-order valence-corrected chi connectivity index (χ4v) is 5.24. The van der Waals surface area contributed by atoms with Crippen molar-refractivity contribution in [1.82, 2.24) is 4.90 Å². The molecular weight excluding hydrogens is 470 g/mol. The zero-order chi connectivity index (χ0) is 25.3. The van der Waals surface area contributed by atoms with Crippen molar-refractivity contribution in [3.05, 3.63) is 100 Å². The number of halogens is 1. The molecule has 0 spiro atoms. The summed E-state index contributed by atoms with van der Waals surface area (Å²) >= 11 is 6.20. The van der Waals surface area contributed by atoms with Crippen molar-refractivity contribution in [3.63, 3.8) is 0 Å². The van der Waals surface area contributed by atoms with E-state index >= 15 is 0 Å². The summed E-state index contributed by atoms with van der Waals surface area (Å²) in [6, 6.07) is 24.5. The number of hydrogen-bond donors (Lipinski definition) is 1. The van der Waals surface area contributed by atoms with Crippen LogP contribution in [0, 0.1) is 0 Å². The quantitative estimate of drug-likeness (QED) is 0.299. The van der Waals surface area contributed by atoms with Gasteiger partial charge in [0.15, 0.2) is 5.78 Å². The van der Waals surface area contributed by atoms with Crippen LogP contribution in [-0.4, -0.2) is 35.0 Å². The molecule has 0 saturated carbocycles. The van der Waals surface area contributed by atoms with E-state index in [1.165, 1.54) is 16.7 Å². The molecule has 3 aromatic carbocycles. The lowest BCUT2D eigenvalue weighted by Crippen LogP contribution is -2.39. The first-order chi connectivity index (χ1) is 17.5. The van der Waals surface area contributed by atoms with Crippen molar-refractivity contribution >= 4 is 17.4 Å². The molecule has 4 nitrogen and oxygen atoms in total. The Morgan fingerprint density at radius 2 is 1.92 bits per heavy atom. The average molecular weight is 506 g/mol. The van der Waals surface area contributed by atoms with Crippen LogP contribution >= 0.6 is 11.6 Å². The third kappa shape index (κ3) is 7.42. The van der Waals surface area contributed by atoms with Gasteiger partial charge in [0, 0.05) is 30.6 Å². The first-order valence-corrected chi connectivity index (χ1v) is 13.4. The van der Waals surface area contributed by atoms with Crippen LogP contribution in [0.4, 0.5) is 0 Å². The summed E-state index contributed by atoms with van der Waals surface area (Å²) in [7, 11) is 0. The van der Waals surface area contributed by atoms with E-state index in [-0.39, 0.29) is 18.4 Å². The smallest absolute Gasteiger partial charge is 0.170 e. The Hall–Kier alpha value is -2.66. The van der Waals surface area contributed by atoms with Gasteiger partial charge in [-0.25, -0.2) is 0 Å². The van der Waals surface area contributed by atoms with Crippen molar-refractivity contribution in [2.45, 2.75) is 64.1 Å². The Kier molecular flexibility index (Phi) is 9.57. The van der Waals surface area contributed by atoms with Gasteiger partial charge in [0.05, 0.1) is 6.10 Å². The number of ether oxygens (including phenoxy) is 1. The van der Waals surface area contributed by atoms with Gasteiger partial charge in [-0.3, -0.25) is 9.69 Å². The second-order valence-electron chi connectivity index (χ2n) is 9.74. The summed E-state index contributed by atoms with van der Waals surface area (Å²) in [4.78, 5) is 14.4. The molecule has 0 fully saturated rings. The monoisotopic (exact) mass is 505 g/mol. The van der Waals surface area contributed by atoms with Crippen LogP contribution in [0.2, 0.25) is 5.02 Å². The number of rotatable bonds is 11. The predicted octanol–water partition coefficient (Wildman–Crippen LogP) is 6.57. The van der Waals surface area contributed by atoms with Crippen molar-refractivity contribution in [2.75, 3.05) is 13.2 Å². The second-order valence-corrected chi connectivity index (χ2v) is 10.2. The SMILES string of the molecule is CCCC(=O)COc1ccc2c(c1)C[C@@H](N(Cc1ccccc1)C[C@H](O)c1cccc(Cl)c1)CCC2. The van der Waals surface area contributed by atoms with E-state index < -0.39 is 6.10 Å². The Labute approximate surface area is 219 Å². The Balaban J connectivity index is 1.54. The average Bonchev–Trinajstić information content (AvgIpc) is 3.10. The Morgan fingerprint density at radius 3 is 2.69 bits per heavy atom. The zero-order valence-electron chi connectivity index (χ0n) is 21.0. The third-order valence-electron chi connectivity index (χ3n) is 6.93. The van der Waals surface area contributed by atoms with Crippen LogP contribution in [0.25, 0.3) is 0 Å². The van der Waals surface area contributed by atoms with Gasteiger partial charge in [-0.2, -0.15) is 0 Å². The van der Waals surface area contributed by atoms with Crippen LogP contribution in [0.5, 0.6) is 5.75 Å². The molecule has 5 heteroatoms. The van der Waals surface area contributed by atoms with E-state index in [2.05, 4.69) is 41.3 Å². The highest BCUT2D eigenvalue weighted by Gasteiger charge is 2.26. The second kappa shape index (κ2) is 13.0. The Morgan fingerprint density at radius 1 is 1.08 bits per heavy atom. The number of Topliss-reactive ketones (excluding diaryl/α,β-unsaturated/α-hetero) is 1. The summed E-state index contributed by atoms with van der Waals surface area (Å²) in [5, 5.41) is 11.8. The summed E-state index contributed by atoms with van der Waals surface area (Å²) in [5.74, 6) is 0.891. The maximum atomic E-state index is 12.0. The minimum Gasteiger partial charge on any atom is -0.486 e. The van der Waals surface area contributed by atoms with Crippen LogP contribution < -0.4 is 4.74 Å².